The number of ether oxygens (including phenoxy) is 4. The Morgan fingerprint density at radius 2 is 1.38 bits per heavy atom. The van der Waals surface area contributed by atoms with E-state index in [1.54, 1.807) is 34.5 Å². The molecule has 126 valence electrons. The van der Waals surface area contributed by atoms with Crippen molar-refractivity contribution in [2.24, 2.45) is 0 Å². The van der Waals surface area contributed by atoms with Gasteiger partial charge in [0.1, 0.15) is 23.0 Å². The molecule has 0 amide bonds. The molecule has 0 aromatic heterocycles. The van der Waals surface area contributed by atoms with Crippen LogP contribution in [0, 0.1) is 0 Å². The SMILES string of the molecule is COc1cc(OC)cc(C2CC(=O)c3cc(OC)cc(OC)c32)c1. The number of carbonyl (C=O) groups is 1. The maximum Gasteiger partial charge on any atom is 0.164 e. The minimum absolute atomic E-state index is 0.0778. The lowest BCUT2D eigenvalue weighted by Gasteiger charge is -2.17. The molecule has 0 radical (unpaired) electrons. The Labute approximate surface area is 141 Å². The van der Waals surface area contributed by atoms with Crippen molar-refractivity contribution in [3.8, 4) is 23.0 Å². The fourth-order valence-corrected chi connectivity index (χ4v) is 3.19. The highest BCUT2D eigenvalue weighted by atomic mass is 16.5. The van der Waals surface area contributed by atoms with E-state index in [4.69, 9.17) is 18.9 Å². The first-order valence-electron chi connectivity index (χ1n) is 7.63. The van der Waals surface area contributed by atoms with E-state index in [0.717, 1.165) is 11.1 Å². The minimum Gasteiger partial charge on any atom is -0.497 e. The van der Waals surface area contributed by atoms with Crippen molar-refractivity contribution in [3.63, 3.8) is 0 Å². The quantitative estimate of drug-likeness (QED) is 0.841. The summed E-state index contributed by atoms with van der Waals surface area (Å²) in [7, 11) is 6.39. The predicted octanol–water partition coefficient (Wildman–Crippen LogP) is 3.44. The van der Waals surface area contributed by atoms with Crippen LogP contribution in [0.4, 0.5) is 0 Å². The zero-order valence-corrected chi connectivity index (χ0v) is 14.2. The number of fused-ring (bicyclic) bond motifs is 1. The van der Waals surface area contributed by atoms with Crippen molar-refractivity contribution in [2.75, 3.05) is 28.4 Å². The molecule has 5 heteroatoms. The van der Waals surface area contributed by atoms with Gasteiger partial charge in [-0.05, 0) is 23.8 Å². The van der Waals surface area contributed by atoms with E-state index in [9.17, 15) is 4.79 Å². The highest BCUT2D eigenvalue weighted by Gasteiger charge is 2.34. The van der Waals surface area contributed by atoms with Crippen LogP contribution in [-0.4, -0.2) is 34.2 Å². The number of benzene rings is 2. The number of rotatable bonds is 5. The fourth-order valence-electron chi connectivity index (χ4n) is 3.19. The molecule has 2 aromatic carbocycles. The molecular weight excluding hydrogens is 308 g/mol. The third-order valence-electron chi connectivity index (χ3n) is 4.39. The number of carbonyl (C=O) groups excluding carboxylic acids is 1. The Bertz CT molecular complexity index is 759. The van der Waals surface area contributed by atoms with Crippen LogP contribution < -0.4 is 18.9 Å². The van der Waals surface area contributed by atoms with Crippen molar-refractivity contribution < 1.29 is 23.7 Å². The Hall–Kier alpha value is -2.69. The Morgan fingerprint density at radius 3 is 1.92 bits per heavy atom. The number of ketones is 1. The Balaban J connectivity index is 2.16. The first-order valence-corrected chi connectivity index (χ1v) is 7.63. The molecule has 0 bridgehead atoms. The lowest BCUT2D eigenvalue weighted by Crippen LogP contribution is -2.01. The molecule has 1 atom stereocenters. The molecule has 5 nitrogen and oxygen atoms in total. The maximum atomic E-state index is 12.5. The van der Waals surface area contributed by atoms with E-state index in [-0.39, 0.29) is 11.7 Å². The monoisotopic (exact) mass is 328 g/mol. The van der Waals surface area contributed by atoms with Gasteiger partial charge in [0, 0.05) is 35.6 Å². The topological polar surface area (TPSA) is 54.0 Å². The molecular formula is C19H20O5. The lowest BCUT2D eigenvalue weighted by molar-refractivity contribution is 0.0991. The van der Waals surface area contributed by atoms with Gasteiger partial charge in [-0.1, -0.05) is 0 Å². The summed E-state index contributed by atoms with van der Waals surface area (Å²) in [6.45, 7) is 0. The number of hydrogen-bond acceptors (Lipinski definition) is 5. The standard InChI is InChI=1S/C19H20O5/c1-21-12-5-11(6-13(7-12)22-2)15-10-17(20)16-8-14(23-3)9-18(24-4)19(15)16/h5-9,15H,10H2,1-4H3. The van der Waals surface area contributed by atoms with E-state index in [1.165, 1.54) is 0 Å². The summed E-state index contributed by atoms with van der Waals surface area (Å²) < 4.78 is 21.5. The molecule has 0 saturated heterocycles. The molecule has 1 unspecified atom stereocenters. The van der Waals surface area contributed by atoms with Gasteiger partial charge in [0.25, 0.3) is 0 Å². The van der Waals surface area contributed by atoms with Crippen molar-refractivity contribution >= 4 is 5.78 Å². The number of Topliss-reactive ketones (excluding diaryl/α,β-unsaturated/α-hetero) is 1. The molecule has 2 aromatic rings. The number of hydrogen-bond donors (Lipinski definition) is 0. The van der Waals surface area contributed by atoms with Gasteiger partial charge >= 0.3 is 0 Å². The molecule has 1 aliphatic rings. The normalized spacial score (nSPS) is 15.8. The molecule has 0 heterocycles. The zero-order chi connectivity index (χ0) is 17.3. The second kappa shape index (κ2) is 6.43. The summed E-state index contributed by atoms with van der Waals surface area (Å²) in [5, 5.41) is 0. The summed E-state index contributed by atoms with van der Waals surface area (Å²) in [4.78, 5) is 12.5. The van der Waals surface area contributed by atoms with Crippen LogP contribution in [0.3, 0.4) is 0 Å². The second-order valence-corrected chi connectivity index (χ2v) is 5.62. The third-order valence-corrected chi connectivity index (χ3v) is 4.39. The average molecular weight is 328 g/mol. The molecule has 0 aliphatic heterocycles. The van der Waals surface area contributed by atoms with Gasteiger partial charge in [-0.25, -0.2) is 0 Å². The van der Waals surface area contributed by atoms with Gasteiger partial charge in [0.15, 0.2) is 5.78 Å². The summed E-state index contributed by atoms with van der Waals surface area (Å²) in [5.41, 5.74) is 2.50. The van der Waals surface area contributed by atoms with Crippen molar-refractivity contribution in [3.05, 3.63) is 47.0 Å². The van der Waals surface area contributed by atoms with Crippen molar-refractivity contribution in [1.29, 1.82) is 0 Å². The van der Waals surface area contributed by atoms with Gasteiger partial charge < -0.3 is 18.9 Å². The fraction of sp³-hybridized carbons (Fsp3) is 0.316. The Kier molecular flexibility index (Phi) is 4.34. The second-order valence-electron chi connectivity index (χ2n) is 5.62. The van der Waals surface area contributed by atoms with Crippen LogP contribution in [0.5, 0.6) is 23.0 Å². The summed E-state index contributed by atoms with van der Waals surface area (Å²) >= 11 is 0. The van der Waals surface area contributed by atoms with Crippen LogP contribution in [0.25, 0.3) is 0 Å². The Morgan fingerprint density at radius 1 is 0.792 bits per heavy atom. The highest BCUT2D eigenvalue weighted by molar-refractivity contribution is 6.03. The molecule has 0 N–H and O–H groups in total. The smallest absolute Gasteiger partial charge is 0.164 e. The molecule has 1 aliphatic carbocycles. The lowest BCUT2D eigenvalue weighted by atomic mass is 9.91. The van der Waals surface area contributed by atoms with Gasteiger partial charge in [0.05, 0.1) is 28.4 Å². The van der Waals surface area contributed by atoms with Crippen LogP contribution >= 0.6 is 0 Å². The molecule has 0 spiro atoms. The van der Waals surface area contributed by atoms with Crippen molar-refractivity contribution in [2.45, 2.75) is 12.3 Å². The van der Waals surface area contributed by atoms with E-state index in [2.05, 4.69) is 0 Å². The first kappa shape index (κ1) is 16.2. The van der Waals surface area contributed by atoms with E-state index >= 15 is 0 Å². The average Bonchev–Trinajstić information content (AvgIpc) is 2.97. The molecule has 24 heavy (non-hydrogen) atoms. The van der Waals surface area contributed by atoms with Gasteiger partial charge in [0.2, 0.25) is 0 Å². The molecule has 0 fully saturated rings. The van der Waals surface area contributed by atoms with Crippen molar-refractivity contribution in [1.82, 2.24) is 0 Å². The zero-order valence-electron chi connectivity index (χ0n) is 14.2. The van der Waals surface area contributed by atoms with Gasteiger partial charge in [-0.3, -0.25) is 4.79 Å². The summed E-state index contributed by atoms with van der Waals surface area (Å²) in [6.07, 6.45) is 0.384. The van der Waals surface area contributed by atoms with Crippen LogP contribution in [-0.2, 0) is 0 Å². The highest BCUT2D eigenvalue weighted by Crippen LogP contribution is 2.46. The third kappa shape index (κ3) is 2.66. The molecule has 0 saturated carbocycles. The largest absolute Gasteiger partial charge is 0.497 e. The number of methoxy groups -OCH3 is 4. The maximum absolute atomic E-state index is 12.5. The summed E-state index contributed by atoms with van der Waals surface area (Å²) in [5.74, 6) is 2.63. The first-order chi connectivity index (χ1) is 11.6. The van der Waals surface area contributed by atoms with Gasteiger partial charge in [-0.2, -0.15) is 0 Å². The summed E-state index contributed by atoms with van der Waals surface area (Å²) in [6, 6.07) is 9.25. The van der Waals surface area contributed by atoms with Crippen LogP contribution in [0.2, 0.25) is 0 Å². The van der Waals surface area contributed by atoms with E-state index < -0.39 is 0 Å². The van der Waals surface area contributed by atoms with Crippen LogP contribution in [0.15, 0.2) is 30.3 Å². The molecule has 3 rings (SSSR count). The van der Waals surface area contributed by atoms with Gasteiger partial charge in [-0.15, -0.1) is 0 Å². The van der Waals surface area contributed by atoms with Crippen LogP contribution in [0.1, 0.15) is 33.8 Å². The van der Waals surface area contributed by atoms with E-state index in [1.807, 2.05) is 24.3 Å². The predicted molar refractivity (Wildman–Crippen MR) is 89.9 cm³/mol. The minimum atomic E-state index is -0.0997. The van der Waals surface area contributed by atoms with E-state index in [0.29, 0.717) is 35.0 Å².